The van der Waals surface area contributed by atoms with Gasteiger partial charge < -0.3 is 9.84 Å². The lowest BCUT2D eigenvalue weighted by atomic mass is 9.42. The number of allylic oxidation sites excluding steroid dienone is 1. The minimum atomic E-state index is -0.924. The second kappa shape index (κ2) is 9.74. The van der Waals surface area contributed by atoms with Crippen molar-refractivity contribution in [2.75, 3.05) is 6.61 Å². The zero-order chi connectivity index (χ0) is 29.3. The van der Waals surface area contributed by atoms with Crippen LogP contribution in [0.2, 0.25) is 0 Å². The summed E-state index contributed by atoms with van der Waals surface area (Å²) >= 11 is 0. The Hall–Kier alpha value is -2.15. The van der Waals surface area contributed by atoms with E-state index in [9.17, 15) is 29.1 Å². The summed E-state index contributed by atoms with van der Waals surface area (Å²) in [7, 11) is 0. The van der Waals surface area contributed by atoms with Crippen LogP contribution in [0.3, 0.4) is 0 Å². The van der Waals surface area contributed by atoms with Crippen molar-refractivity contribution in [1.82, 2.24) is 0 Å². The number of aliphatic hydroxyl groups is 1. The fourth-order valence-electron chi connectivity index (χ4n) is 9.20. The lowest BCUT2D eigenvalue weighted by molar-refractivity contribution is -0.149. The third-order valence-corrected chi connectivity index (χ3v) is 11.7. The molecule has 0 aromatic carbocycles. The van der Waals surface area contributed by atoms with Crippen molar-refractivity contribution in [3.8, 4) is 0 Å². The number of esters is 1. The van der Waals surface area contributed by atoms with Crippen molar-refractivity contribution in [2.24, 2.45) is 45.3 Å². The molecule has 0 bridgehead atoms. The SMILES string of the molecule is CCOC(=O)C(C)CC(=O)CC(C)C1CC(O)C2(C)C3=C(C(=O)CC12C)C1(C)CCC(=O)C(C)(C)C1CC3=O. The summed E-state index contributed by atoms with van der Waals surface area (Å²) in [6.45, 7) is 15.5. The fourth-order valence-corrected chi connectivity index (χ4v) is 9.20. The highest BCUT2D eigenvalue weighted by molar-refractivity contribution is 6.12. The van der Waals surface area contributed by atoms with Crippen molar-refractivity contribution in [2.45, 2.75) is 106 Å². The van der Waals surface area contributed by atoms with E-state index < -0.39 is 33.7 Å². The first-order chi connectivity index (χ1) is 18.0. The van der Waals surface area contributed by atoms with Crippen LogP contribution in [0.4, 0.5) is 0 Å². The van der Waals surface area contributed by atoms with Crippen LogP contribution < -0.4 is 0 Å². The molecule has 7 nitrogen and oxygen atoms in total. The highest BCUT2D eigenvalue weighted by Gasteiger charge is 2.70. The molecule has 2 fully saturated rings. The first-order valence-electron chi connectivity index (χ1n) is 14.7. The number of Topliss-reactive ketones (excluding diaryl/α,β-unsaturated/α-hetero) is 4. The molecule has 0 amide bonds. The molecule has 1 N–H and O–H groups in total. The number of fused-ring (bicyclic) bond motifs is 4. The van der Waals surface area contributed by atoms with Gasteiger partial charge in [-0.1, -0.05) is 48.5 Å². The first-order valence-corrected chi connectivity index (χ1v) is 14.7. The molecule has 4 rings (SSSR count). The van der Waals surface area contributed by atoms with E-state index in [1.807, 2.05) is 41.5 Å². The average Bonchev–Trinajstić information content (AvgIpc) is 3.04. The van der Waals surface area contributed by atoms with Gasteiger partial charge in [-0.2, -0.15) is 0 Å². The molecule has 4 aliphatic rings. The summed E-state index contributed by atoms with van der Waals surface area (Å²) in [6, 6.07) is 0. The lowest BCUT2D eigenvalue weighted by Crippen LogP contribution is -2.59. The Bertz CT molecular complexity index is 1150. The topological polar surface area (TPSA) is 115 Å². The number of hydrogen-bond acceptors (Lipinski definition) is 7. The van der Waals surface area contributed by atoms with E-state index in [1.54, 1.807) is 13.8 Å². The third kappa shape index (κ3) is 4.20. The maximum absolute atomic E-state index is 14.1. The summed E-state index contributed by atoms with van der Waals surface area (Å²) in [5.41, 5.74) is -1.88. The average molecular weight is 543 g/mol. The molecule has 0 saturated heterocycles. The number of ether oxygens (including phenoxy) is 1. The molecular weight excluding hydrogens is 496 g/mol. The van der Waals surface area contributed by atoms with Crippen LogP contribution in [0.15, 0.2) is 11.1 Å². The summed E-state index contributed by atoms with van der Waals surface area (Å²) in [5, 5.41) is 11.6. The Balaban J connectivity index is 1.68. The second-order valence-corrected chi connectivity index (χ2v) is 14.1. The van der Waals surface area contributed by atoms with E-state index in [0.29, 0.717) is 30.4 Å². The van der Waals surface area contributed by atoms with E-state index in [-0.39, 0.29) is 79.1 Å². The number of carbonyl (C=O) groups excluding carboxylic acids is 5. The van der Waals surface area contributed by atoms with Gasteiger partial charge in [-0.15, -0.1) is 0 Å². The van der Waals surface area contributed by atoms with Gasteiger partial charge in [0.25, 0.3) is 0 Å². The van der Waals surface area contributed by atoms with Gasteiger partial charge in [-0.05, 0) is 42.9 Å². The Morgan fingerprint density at radius 1 is 1.00 bits per heavy atom. The number of rotatable bonds is 7. The van der Waals surface area contributed by atoms with Crippen LogP contribution in [0.5, 0.6) is 0 Å². The fraction of sp³-hybridized carbons (Fsp3) is 0.781. The van der Waals surface area contributed by atoms with Crippen LogP contribution in [-0.4, -0.2) is 46.9 Å². The predicted octanol–water partition coefficient (Wildman–Crippen LogP) is 4.82. The Kier molecular flexibility index (Phi) is 7.45. The molecule has 0 aromatic rings. The van der Waals surface area contributed by atoms with Crippen molar-refractivity contribution >= 4 is 29.1 Å². The molecule has 0 heterocycles. The molecule has 7 heteroatoms. The van der Waals surface area contributed by atoms with Crippen molar-refractivity contribution in [3.63, 3.8) is 0 Å². The van der Waals surface area contributed by atoms with E-state index in [0.717, 1.165) is 0 Å². The molecule has 0 aromatic heterocycles. The van der Waals surface area contributed by atoms with Crippen molar-refractivity contribution in [1.29, 1.82) is 0 Å². The molecule has 39 heavy (non-hydrogen) atoms. The minimum absolute atomic E-state index is 0.0463. The molecule has 4 aliphatic carbocycles. The maximum atomic E-state index is 14.1. The van der Waals surface area contributed by atoms with E-state index in [1.165, 1.54) is 0 Å². The molecule has 0 spiro atoms. The van der Waals surface area contributed by atoms with Gasteiger partial charge in [0.05, 0.1) is 18.6 Å². The normalized spacial score (nSPS) is 39.0. The third-order valence-electron chi connectivity index (χ3n) is 11.7. The van der Waals surface area contributed by atoms with Crippen molar-refractivity contribution < 1.29 is 33.8 Å². The monoisotopic (exact) mass is 542 g/mol. The summed E-state index contributed by atoms with van der Waals surface area (Å²) in [5.74, 6) is -1.54. The van der Waals surface area contributed by atoms with Gasteiger partial charge >= 0.3 is 5.97 Å². The molecule has 8 atom stereocenters. The largest absolute Gasteiger partial charge is 0.466 e. The van der Waals surface area contributed by atoms with Crippen LogP contribution in [0.25, 0.3) is 0 Å². The van der Waals surface area contributed by atoms with Crippen LogP contribution in [0, 0.1) is 45.3 Å². The van der Waals surface area contributed by atoms with Gasteiger partial charge in [-0.3, -0.25) is 24.0 Å². The number of hydrogen-bond donors (Lipinski definition) is 1. The molecule has 8 unspecified atom stereocenters. The molecule has 216 valence electrons. The van der Waals surface area contributed by atoms with Crippen LogP contribution >= 0.6 is 0 Å². The quantitative estimate of drug-likeness (QED) is 0.459. The minimum Gasteiger partial charge on any atom is -0.466 e. The van der Waals surface area contributed by atoms with Gasteiger partial charge in [-0.25, -0.2) is 0 Å². The van der Waals surface area contributed by atoms with Gasteiger partial charge in [0.2, 0.25) is 0 Å². The highest BCUT2D eigenvalue weighted by Crippen LogP contribution is 2.70. The van der Waals surface area contributed by atoms with Crippen LogP contribution in [-0.2, 0) is 28.7 Å². The van der Waals surface area contributed by atoms with Gasteiger partial charge in [0.15, 0.2) is 11.6 Å². The zero-order valence-electron chi connectivity index (χ0n) is 24.9. The zero-order valence-corrected chi connectivity index (χ0v) is 24.9. The Morgan fingerprint density at radius 3 is 2.26 bits per heavy atom. The summed E-state index contributed by atoms with van der Waals surface area (Å²) in [4.78, 5) is 65.9. The highest BCUT2D eigenvalue weighted by atomic mass is 16.5. The number of carbonyl (C=O) groups is 5. The van der Waals surface area contributed by atoms with Gasteiger partial charge in [0, 0.05) is 59.5 Å². The number of aliphatic hydroxyl groups excluding tert-OH is 1. The van der Waals surface area contributed by atoms with Gasteiger partial charge in [0.1, 0.15) is 11.6 Å². The standard InChI is InChI=1S/C32H46O7/c1-9-39-28(38)18(3)13-19(33)12-17(2)20-14-25(37)32(8)27-21(34)15-23-29(4,5)24(36)10-11-30(23,6)26(27)22(35)16-31(20,32)7/h17-18,20,23,25,37H,9-16H2,1-8H3. The number of ketones is 4. The molecule has 0 aliphatic heterocycles. The summed E-state index contributed by atoms with van der Waals surface area (Å²) < 4.78 is 5.04. The first kappa shape index (κ1) is 29.8. The van der Waals surface area contributed by atoms with E-state index >= 15 is 0 Å². The van der Waals surface area contributed by atoms with Crippen LogP contribution in [0.1, 0.15) is 100 Å². The van der Waals surface area contributed by atoms with E-state index in [2.05, 4.69) is 0 Å². The van der Waals surface area contributed by atoms with Crippen molar-refractivity contribution in [3.05, 3.63) is 11.1 Å². The molecular formula is C32H46O7. The maximum Gasteiger partial charge on any atom is 0.309 e. The predicted molar refractivity (Wildman–Crippen MR) is 145 cm³/mol. The molecule has 0 radical (unpaired) electrons. The second-order valence-electron chi connectivity index (χ2n) is 14.1. The summed E-state index contributed by atoms with van der Waals surface area (Å²) in [6.07, 6.45) is 1.20. The Labute approximate surface area is 232 Å². The lowest BCUT2D eigenvalue weighted by Gasteiger charge is -2.59. The van der Waals surface area contributed by atoms with E-state index in [4.69, 9.17) is 4.74 Å². The molecule has 2 saturated carbocycles. The Morgan fingerprint density at radius 2 is 1.64 bits per heavy atom. The smallest absolute Gasteiger partial charge is 0.309 e.